The molecule has 0 bridgehead atoms. The van der Waals surface area contributed by atoms with Gasteiger partial charge in [-0.05, 0) is 54.0 Å². The van der Waals surface area contributed by atoms with Gasteiger partial charge >= 0.3 is 0 Å². The van der Waals surface area contributed by atoms with Crippen LogP contribution in [0, 0.1) is 17.8 Å². The number of Topliss-reactive ketones (excluding diaryl/α,β-unsaturated/α-hetero) is 1. The Kier molecular flexibility index (Phi) is 3.71. The van der Waals surface area contributed by atoms with Gasteiger partial charge in [0.05, 0.1) is 0 Å². The average Bonchev–Trinajstić information content (AvgIpc) is 2.48. The Labute approximate surface area is 126 Å². The zero-order valence-corrected chi connectivity index (χ0v) is 12.8. The first-order valence-electron chi connectivity index (χ1n) is 7.88. The molecule has 1 fully saturated rings. The van der Waals surface area contributed by atoms with E-state index in [1.165, 1.54) is 0 Å². The average molecular weight is 281 g/mol. The topological polar surface area (TPSA) is 43.1 Å². The molecule has 0 amide bonds. The minimum absolute atomic E-state index is 0.139. The summed E-state index contributed by atoms with van der Waals surface area (Å²) in [6, 6.07) is 12.0. The SMILES string of the molecule is CC1CCC(C(=O)c2cc3ccccc3cc2N)CC1C. The lowest BCUT2D eigenvalue weighted by Gasteiger charge is -2.31. The molecule has 0 heterocycles. The first-order valence-corrected chi connectivity index (χ1v) is 7.88. The van der Waals surface area contributed by atoms with Crippen LogP contribution in [0.2, 0.25) is 0 Å². The van der Waals surface area contributed by atoms with Crippen molar-refractivity contribution in [3.8, 4) is 0 Å². The van der Waals surface area contributed by atoms with Gasteiger partial charge < -0.3 is 5.73 Å². The number of hydrogen-bond donors (Lipinski definition) is 1. The number of nitrogens with two attached hydrogens (primary N) is 1. The van der Waals surface area contributed by atoms with Gasteiger partial charge in [-0.3, -0.25) is 4.79 Å². The van der Waals surface area contributed by atoms with Crippen LogP contribution in [0.15, 0.2) is 36.4 Å². The molecule has 3 unspecified atom stereocenters. The molecule has 2 aromatic carbocycles. The zero-order valence-electron chi connectivity index (χ0n) is 12.8. The van der Waals surface area contributed by atoms with E-state index in [1.807, 2.05) is 36.4 Å². The number of carbonyl (C=O) groups excluding carboxylic acids is 1. The zero-order chi connectivity index (χ0) is 15.0. The van der Waals surface area contributed by atoms with Gasteiger partial charge in [0.1, 0.15) is 0 Å². The molecule has 3 rings (SSSR count). The van der Waals surface area contributed by atoms with E-state index in [0.717, 1.165) is 36.0 Å². The summed E-state index contributed by atoms with van der Waals surface area (Å²) < 4.78 is 0. The molecule has 2 aromatic rings. The summed E-state index contributed by atoms with van der Waals surface area (Å²) in [4.78, 5) is 12.8. The van der Waals surface area contributed by atoms with Gasteiger partial charge in [0.2, 0.25) is 0 Å². The van der Waals surface area contributed by atoms with Gasteiger partial charge in [-0.15, -0.1) is 0 Å². The standard InChI is InChI=1S/C19H23NO/c1-12-7-8-16(9-13(12)2)19(21)17-10-14-5-3-4-6-15(14)11-18(17)20/h3-6,10-13,16H,7-9,20H2,1-2H3. The number of anilines is 1. The molecular formula is C19H23NO. The second kappa shape index (κ2) is 5.51. The van der Waals surface area contributed by atoms with Crippen LogP contribution in [0.1, 0.15) is 43.5 Å². The number of ketones is 1. The summed E-state index contributed by atoms with van der Waals surface area (Å²) in [5, 5.41) is 2.18. The van der Waals surface area contributed by atoms with Crippen LogP contribution in [-0.4, -0.2) is 5.78 Å². The van der Waals surface area contributed by atoms with Gasteiger partial charge in [0.25, 0.3) is 0 Å². The maximum Gasteiger partial charge on any atom is 0.168 e. The largest absolute Gasteiger partial charge is 0.398 e. The molecule has 21 heavy (non-hydrogen) atoms. The predicted octanol–water partition coefficient (Wildman–Crippen LogP) is 4.68. The van der Waals surface area contributed by atoms with Crippen molar-refractivity contribution in [1.82, 2.24) is 0 Å². The van der Waals surface area contributed by atoms with E-state index < -0.39 is 0 Å². The van der Waals surface area contributed by atoms with Gasteiger partial charge in [0.15, 0.2) is 5.78 Å². The van der Waals surface area contributed by atoms with Gasteiger partial charge in [0, 0.05) is 17.2 Å². The van der Waals surface area contributed by atoms with Crippen molar-refractivity contribution in [2.24, 2.45) is 17.8 Å². The van der Waals surface area contributed by atoms with Crippen molar-refractivity contribution in [2.45, 2.75) is 33.1 Å². The predicted molar refractivity (Wildman–Crippen MR) is 88.4 cm³/mol. The van der Waals surface area contributed by atoms with E-state index in [-0.39, 0.29) is 11.7 Å². The highest BCUT2D eigenvalue weighted by Crippen LogP contribution is 2.36. The lowest BCUT2D eigenvalue weighted by Crippen LogP contribution is -2.27. The van der Waals surface area contributed by atoms with Gasteiger partial charge in [-0.1, -0.05) is 38.1 Å². The number of benzene rings is 2. The van der Waals surface area contributed by atoms with Crippen LogP contribution in [-0.2, 0) is 0 Å². The van der Waals surface area contributed by atoms with E-state index in [2.05, 4.69) is 13.8 Å². The molecule has 1 aliphatic carbocycles. The molecule has 0 spiro atoms. The number of fused-ring (bicyclic) bond motifs is 1. The number of rotatable bonds is 2. The first-order chi connectivity index (χ1) is 10.1. The molecule has 3 atom stereocenters. The third-order valence-electron chi connectivity index (χ3n) is 5.15. The molecule has 1 saturated carbocycles. The van der Waals surface area contributed by atoms with Crippen LogP contribution in [0.3, 0.4) is 0 Å². The van der Waals surface area contributed by atoms with Crippen LogP contribution >= 0.6 is 0 Å². The van der Waals surface area contributed by atoms with Gasteiger partial charge in [-0.25, -0.2) is 0 Å². The molecule has 0 radical (unpaired) electrons. The summed E-state index contributed by atoms with van der Waals surface area (Å²) in [5.74, 6) is 1.72. The van der Waals surface area contributed by atoms with Crippen LogP contribution < -0.4 is 5.73 Å². The smallest absolute Gasteiger partial charge is 0.168 e. The van der Waals surface area contributed by atoms with E-state index in [1.54, 1.807) is 0 Å². The molecule has 1 aliphatic rings. The van der Waals surface area contributed by atoms with Crippen LogP contribution in [0.4, 0.5) is 5.69 Å². The molecule has 0 saturated heterocycles. The third-order valence-corrected chi connectivity index (χ3v) is 5.15. The molecule has 2 nitrogen and oxygen atoms in total. The Balaban J connectivity index is 1.92. The van der Waals surface area contributed by atoms with E-state index in [9.17, 15) is 4.79 Å². The molecular weight excluding hydrogens is 258 g/mol. The normalized spacial score (nSPS) is 25.9. The van der Waals surface area contributed by atoms with Crippen LogP contribution in [0.25, 0.3) is 10.8 Å². The van der Waals surface area contributed by atoms with Crippen molar-refractivity contribution < 1.29 is 4.79 Å². The fourth-order valence-electron chi connectivity index (χ4n) is 3.48. The molecule has 0 aromatic heterocycles. The molecule has 2 heteroatoms. The number of hydrogen-bond acceptors (Lipinski definition) is 2. The maximum atomic E-state index is 12.8. The second-order valence-corrected chi connectivity index (χ2v) is 6.62. The Morgan fingerprint density at radius 2 is 1.71 bits per heavy atom. The third kappa shape index (κ3) is 2.67. The minimum Gasteiger partial charge on any atom is -0.398 e. The second-order valence-electron chi connectivity index (χ2n) is 6.62. The van der Waals surface area contributed by atoms with Crippen molar-refractivity contribution in [3.05, 3.63) is 42.0 Å². The van der Waals surface area contributed by atoms with Gasteiger partial charge in [-0.2, -0.15) is 0 Å². The van der Waals surface area contributed by atoms with E-state index in [0.29, 0.717) is 17.2 Å². The Bertz CT molecular complexity index is 676. The first kappa shape index (κ1) is 14.1. The summed E-state index contributed by atoms with van der Waals surface area (Å²) >= 11 is 0. The minimum atomic E-state index is 0.139. The Morgan fingerprint density at radius 3 is 2.38 bits per heavy atom. The highest BCUT2D eigenvalue weighted by molar-refractivity contribution is 6.06. The number of nitrogen functional groups attached to an aromatic ring is 1. The quantitative estimate of drug-likeness (QED) is 0.641. The molecule has 2 N–H and O–H groups in total. The highest BCUT2D eigenvalue weighted by atomic mass is 16.1. The van der Waals surface area contributed by atoms with E-state index >= 15 is 0 Å². The Morgan fingerprint density at radius 1 is 1.05 bits per heavy atom. The number of carbonyl (C=O) groups is 1. The summed E-state index contributed by atoms with van der Waals surface area (Å²) in [7, 11) is 0. The summed E-state index contributed by atoms with van der Waals surface area (Å²) in [6.07, 6.45) is 3.13. The maximum absolute atomic E-state index is 12.8. The summed E-state index contributed by atoms with van der Waals surface area (Å²) in [5.41, 5.74) is 7.46. The van der Waals surface area contributed by atoms with Crippen molar-refractivity contribution in [1.29, 1.82) is 0 Å². The molecule has 110 valence electrons. The highest BCUT2D eigenvalue weighted by Gasteiger charge is 2.30. The fraction of sp³-hybridized carbons (Fsp3) is 0.421. The lowest BCUT2D eigenvalue weighted by molar-refractivity contribution is 0.0838. The Hall–Kier alpha value is -1.83. The van der Waals surface area contributed by atoms with Crippen LogP contribution in [0.5, 0.6) is 0 Å². The fourth-order valence-corrected chi connectivity index (χ4v) is 3.48. The summed E-state index contributed by atoms with van der Waals surface area (Å²) in [6.45, 7) is 4.55. The van der Waals surface area contributed by atoms with Crippen molar-refractivity contribution in [3.63, 3.8) is 0 Å². The van der Waals surface area contributed by atoms with Crippen molar-refractivity contribution in [2.75, 3.05) is 5.73 Å². The van der Waals surface area contributed by atoms with Crippen molar-refractivity contribution >= 4 is 22.2 Å². The monoisotopic (exact) mass is 281 g/mol. The lowest BCUT2D eigenvalue weighted by atomic mass is 9.73. The van der Waals surface area contributed by atoms with E-state index in [4.69, 9.17) is 5.73 Å². The molecule has 0 aliphatic heterocycles.